The molecule has 9 heteroatoms. The predicted octanol–water partition coefficient (Wildman–Crippen LogP) is 4.05. The molecule has 30 heavy (non-hydrogen) atoms. The van der Waals surface area contributed by atoms with Gasteiger partial charge >= 0.3 is 5.97 Å². The summed E-state index contributed by atoms with van der Waals surface area (Å²) < 4.78 is 32.6. The maximum atomic E-state index is 12.8. The van der Waals surface area contributed by atoms with E-state index in [1.807, 2.05) is 6.92 Å². The molecule has 1 aliphatic heterocycles. The summed E-state index contributed by atoms with van der Waals surface area (Å²) in [6.07, 6.45) is 2.41. The molecular formula is C21H23BrN2O5S. The van der Waals surface area contributed by atoms with Crippen LogP contribution in [0.1, 0.15) is 46.9 Å². The van der Waals surface area contributed by atoms with E-state index in [1.54, 1.807) is 30.3 Å². The highest BCUT2D eigenvalue weighted by molar-refractivity contribution is 9.10. The lowest BCUT2D eigenvalue weighted by atomic mass is 10.2. The fourth-order valence-electron chi connectivity index (χ4n) is 3.08. The third kappa shape index (κ3) is 5.08. The van der Waals surface area contributed by atoms with Gasteiger partial charge in [-0.15, -0.1) is 0 Å². The number of sulfonamides is 1. The van der Waals surface area contributed by atoms with Gasteiger partial charge in [-0.1, -0.05) is 6.92 Å². The second kappa shape index (κ2) is 9.72. The molecule has 1 amide bonds. The van der Waals surface area contributed by atoms with Gasteiger partial charge in [-0.2, -0.15) is 4.31 Å². The van der Waals surface area contributed by atoms with Crippen molar-refractivity contribution in [1.82, 2.24) is 4.31 Å². The van der Waals surface area contributed by atoms with Gasteiger partial charge in [-0.3, -0.25) is 4.79 Å². The normalized spacial score (nSPS) is 14.5. The number of benzene rings is 2. The first-order valence-electron chi connectivity index (χ1n) is 9.71. The maximum absolute atomic E-state index is 12.8. The molecule has 2 aromatic carbocycles. The van der Waals surface area contributed by atoms with E-state index in [9.17, 15) is 18.0 Å². The van der Waals surface area contributed by atoms with Crippen molar-refractivity contribution in [2.75, 3.05) is 25.0 Å². The van der Waals surface area contributed by atoms with Crippen molar-refractivity contribution >= 4 is 43.5 Å². The molecule has 0 aromatic heterocycles. The molecular weight excluding hydrogens is 472 g/mol. The molecule has 1 aliphatic rings. The van der Waals surface area contributed by atoms with E-state index in [4.69, 9.17) is 4.74 Å². The Hall–Kier alpha value is -2.23. The first-order valence-corrected chi connectivity index (χ1v) is 11.9. The molecule has 0 aliphatic carbocycles. The van der Waals surface area contributed by atoms with Gasteiger partial charge in [0, 0.05) is 23.2 Å². The number of anilines is 1. The fourth-order valence-corrected chi connectivity index (χ4v) is 5.05. The van der Waals surface area contributed by atoms with E-state index in [1.165, 1.54) is 16.4 Å². The van der Waals surface area contributed by atoms with Crippen LogP contribution in [0.15, 0.2) is 51.8 Å². The molecule has 0 unspecified atom stereocenters. The minimum absolute atomic E-state index is 0.0896. The molecule has 0 bridgehead atoms. The summed E-state index contributed by atoms with van der Waals surface area (Å²) in [4.78, 5) is 24.7. The Morgan fingerprint density at radius 3 is 2.40 bits per heavy atom. The highest BCUT2D eigenvalue weighted by atomic mass is 79.9. The lowest BCUT2D eigenvalue weighted by Crippen LogP contribution is -2.28. The molecule has 2 aromatic rings. The van der Waals surface area contributed by atoms with Crippen LogP contribution in [-0.2, 0) is 14.8 Å². The number of nitrogens with one attached hydrogen (secondary N) is 1. The van der Waals surface area contributed by atoms with Gasteiger partial charge in [-0.05, 0) is 77.7 Å². The average Bonchev–Trinajstić information content (AvgIpc) is 3.28. The zero-order valence-corrected chi connectivity index (χ0v) is 19.0. The van der Waals surface area contributed by atoms with Crippen molar-refractivity contribution < 1.29 is 22.7 Å². The topological polar surface area (TPSA) is 92.8 Å². The van der Waals surface area contributed by atoms with Crippen molar-refractivity contribution in [1.29, 1.82) is 0 Å². The van der Waals surface area contributed by atoms with Gasteiger partial charge in [0.2, 0.25) is 10.0 Å². The molecule has 1 N–H and O–H groups in total. The zero-order chi connectivity index (χ0) is 21.7. The summed E-state index contributed by atoms with van der Waals surface area (Å²) in [7, 11) is -3.63. The van der Waals surface area contributed by atoms with Crippen LogP contribution < -0.4 is 5.32 Å². The van der Waals surface area contributed by atoms with Crippen molar-refractivity contribution in [2.24, 2.45) is 0 Å². The Balaban J connectivity index is 1.76. The van der Waals surface area contributed by atoms with Gasteiger partial charge in [0.05, 0.1) is 22.6 Å². The fraction of sp³-hybridized carbons (Fsp3) is 0.333. The average molecular weight is 495 g/mol. The molecule has 7 nitrogen and oxygen atoms in total. The van der Waals surface area contributed by atoms with Crippen molar-refractivity contribution in [3.8, 4) is 0 Å². The van der Waals surface area contributed by atoms with Gasteiger partial charge in [0.1, 0.15) is 0 Å². The van der Waals surface area contributed by atoms with E-state index >= 15 is 0 Å². The van der Waals surface area contributed by atoms with Gasteiger partial charge in [0.15, 0.2) is 0 Å². The summed E-state index contributed by atoms with van der Waals surface area (Å²) in [5, 5.41) is 2.73. The number of carbonyl (C=O) groups is 2. The third-order valence-electron chi connectivity index (χ3n) is 4.70. The molecule has 3 rings (SSSR count). The number of ether oxygens (including phenoxy) is 1. The van der Waals surface area contributed by atoms with E-state index < -0.39 is 21.9 Å². The van der Waals surface area contributed by atoms with Crippen molar-refractivity contribution in [3.05, 3.63) is 58.1 Å². The number of nitrogens with zero attached hydrogens (tertiary/aromatic N) is 1. The molecule has 1 fully saturated rings. The monoisotopic (exact) mass is 494 g/mol. The third-order valence-corrected chi connectivity index (χ3v) is 7.29. The smallest absolute Gasteiger partial charge is 0.338 e. The first-order chi connectivity index (χ1) is 14.3. The lowest BCUT2D eigenvalue weighted by molar-refractivity contribution is 0.0505. The Morgan fingerprint density at radius 1 is 1.10 bits per heavy atom. The van der Waals surface area contributed by atoms with E-state index in [2.05, 4.69) is 21.2 Å². The number of hydrogen-bond donors (Lipinski definition) is 1. The number of hydrogen-bond acceptors (Lipinski definition) is 5. The molecule has 1 saturated heterocycles. The van der Waals surface area contributed by atoms with Crippen LogP contribution >= 0.6 is 15.9 Å². The Kier molecular flexibility index (Phi) is 7.27. The lowest BCUT2D eigenvalue weighted by Gasteiger charge is -2.16. The molecule has 1 heterocycles. The SMILES string of the molecule is CCCOC(=O)c1ccc(NC(=O)c2cc(S(=O)(=O)N3CCCC3)ccc2Br)cc1. The number of amides is 1. The van der Waals surface area contributed by atoms with Crippen LogP contribution in [-0.4, -0.2) is 44.3 Å². The van der Waals surface area contributed by atoms with E-state index in [0.717, 1.165) is 19.3 Å². The van der Waals surface area contributed by atoms with Crippen LogP contribution in [0.3, 0.4) is 0 Å². The van der Waals surface area contributed by atoms with E-state index in [-0.39, 0.29) is 10.5 Å². The van der Waals surface area contributed by atoms with Crippen molar-refractivity contribution in [2.45, 2.75) is 31.1 Å². The van der Waals surface area contributed by atoms with Crippen LogP contribution in [0.5, 0.6) is 0 Å². The highest BCUT2D eigenvalue weighted by Gasteiger charge is 2.28. The largest absolute Gasteiger partial charge is 0.462 e. The van der Waals surface area contributed by atoms with Gasteiger partial charge in [-0.25, -0.2) is 13.2 Å². The van der Waals surface area contributed by atoms with Gasteiger partial charge in [0.25, 0.3) is 5.91 Å². The van der Waals surface area contributed by atoms with Crippen LogP contribution in [0, 0.1) is 0 Å². The van der Waals surface area contributed by atoms with E-state index in [0.29, 0.717) is 35.4 Å². The summed E-state index contributed by atoms with van der Waals surface area (Å²) in [5.41, 5.74) is 1.08. The molecule has 0 spiro atoms. The second-order valence-electron chi connectivity index (χ2n) is 6.92. The molecule has 0 radical (unpaired) electrons. The highest BCUT2D eigenvalue weighted by Crippen LogP contribution is 2.26. The number of esters is 1. The minimum atomic E-state index is -3.63. The predicted molar refractivity (Wildman–Crippen MR) is 117 cm³/mol. The van der Waals surface area contributed by atoms with Gasteiger partial charge < -0.3 is 10.1 Å². The van der Waals surface area contributed by atoms with Crippen LogP contribution in [0.4, 0.5) is 5.69 Å². The summed E-state index contributed by atoms with van der Waals surface area (Å²) in [6.45, 7) is 3.25. The summed E-state index contributed by atoms with van der Waals surface area (Å²) >= 11 is 3.32. The van der Waals surface area contributed by atoms with Crippen molar-refractivity contribution in [3.63, 3.8) is 0 Å². The van der Waals surface area contributed by atoms with Crippen LogP contribution in [0.2, 0.25) is 0 Å². The molecule has 160 valence electrons. The number of halogens is 1. The maximum Gasteiger partial charge on any atom is 0.338 e. The molecule has 0 saturated carbocycles. The zero-order valence-electron chi connectivity index (χ0n) is 16.6. The number of carbonyl (C=O) groups excluding carboxylic acids is 2. The summed E-state index contributed by atoms with van der Waals surface area (Å²) in [6, 6.07) is 10.8. The first kappa shape index (κ1) is 22.5. The Bertz CT molecular complexity index is 1030. The Morgan fingerprint density at radius 2 is 1.77 bits per heavy atom. The number of rotatable bonds is 7. The minimum Gasteiger partial charge on any atom is -0.462 e. The standard InChI is InChI=1S/C21H23BrN2O5S/c1-2-13-29-21(26)15-5-7-16(8-6-15)23-20(25)18-14-17(9-10-19(18)22)30(27,28)24-11-3-4-12-24/h5-10,14H,2-4,11-13H2,1H3,(H,23,25). The molecule has 0 atom stereocenters. The second-order valence-corrected chi connectivity index (χ2v) is 9.71. The quantitative estimate of drug-likeness (QED) is 0.585. The van der Waals surface area contributed by atoms with Crippen LogP contribution in [0.25, 0.3) is 0 Å². The summed E-state index contributed by atoms with van der Waals surface area (Å²) in [5.74, 6) is -0.876. The Labute approximate surface area is 184 Å².